The van der Waals surface area contributed by atoms with Gasteiger partial charge in [-0.2, -0.15) is 4.99 Å². The molecule has 6 nitrogen and oxygen atoms in total. The van der Waals surface area contributed by atoms with Crippen LogP contribution in [0.3, 0.4) is 0 Å². The molecule has 2 aliphatic rings. The third-order valence-corrected chi connectivity index (χ3v) is 8.80. The lowest BCUT2D eigenvalue weighted by atomic mass is 10.1. The Bertz CT molecular complexity index is 1100. The van der Waals surface area contributed by atoms with Gasteiger partial charge in [0.1, 0.15) is 5.75 Å². The number of anilines is 1. The monoisotopic (exact) mass is 484 g/mol. The molecule has 4 rings (SSSR count). The van der Waals surface area contributed by atoms with Gasteiger partial charge in [-0.15, -0.1) is 0 Å². The van der Waals surface area contributed by atoms with Gasteiger partial charge < -0.3 is 9.64 Å². The summed E-state index contributed by atoms with van der Waals surface area (Å²) in [6, 6.07) is 11.9. The van der Waals surface area contributed by atoms with Crippen LogP contribution in [0.1, 0.15) is 5.56 Å². The molecule has 158 valence electrons. The van der Waals surface area contributed by atoms with Crippen molar-refractivity contribution in [1.82, 2.24) is 0 Å². The number of methoxy groups -OCH3 is 1. The van der Waals surface area contributed by atoms with E-state index in [4.69, 9.17) is 27.9 Å². The molecule has 10 heteroatoms. The molecule has 0 N–H and O–H groups in total. The molecule has 1 amide bonds. The number of fused-ring (bicyclic) bond motifs is 1. The minimum atomic E-state index is -3.18. The maximum atomic E-state index is 12.7. The van der Waals surface area contributed by atoms with Gasteiger partial charge in [0.25, 0.3) is 5.91 Å². The zero-order valence-electron chi connectivity index (χ0n) is 15.9. The zero-order chi connectivity index (χ0) is 21.5. The van der Waals surface area contributed by atoms with Gasteiger partial charge in [-0.3, -0.25) is 4.79 Å². The van der Waals surface area contributed by atoms with E-state index in [0.717, 1.165) is 5.56 Å². The summed E-state index contributed by atoms with van der Waals surface area (Å²) in [4.78, 5) is 18.7. The van der Waals surface area contributed by atoms with Crippen LogP contribution in [0, 0.1) is 0 Å². The van der Waals surface area contributed by atoms with E-state index in [2.05, 4.69) is 4.99 Å². The highest BCUT2D eigenvalue weighted by molar-refractivity contribution is 8.16. The van der Waals surface area contributed by atoms with Crippen molar-refractivity contribution in [2.45, 2.75) is 17.7 Å². The zero-order valence-corrected chi connectivity index (χ0v) is 19.1. The number of rotatable bonds is 4. The molecule has 2 atom stereocenters. The highest BCUT2D eigenvalue weighted by atomic mass is 35.5. The van der Waals surface area contributed by atoms with Gasteiger partial charge in [0.15, 0.2) is 15.0 Å². The van der Waals surface area contributed by atoms with Crippen molar-refractivity contribution in [1.29, 1.82) is 0 Å². The number of halogens is 2. The Hall–Kier alpha value is -1.74. The highest BCUT2D eigenvalue weighted by Crippen LogP contribution is 2.45. The maximum absolute atomic E-state index is 12.7. The van der Waals surface area contributed by atoms with Crippen molar-refractivity contribution >= 4 is 61.6 Å². The number of nitrogens with zero attached hydrogens (tertiary/aromatic N) is 2. The summed E-state index contributed by atoms with van der Waals surface area (Å²) in [5.74, 6) is 0.376. The summed E-state index contributed by atoms with van der Waals surface area (Å²) in [5, 5.41) is 0.954. The maximum Gasteiger partial charge on any atom is 0.252 e. The fourth-order valence-corrected chi connectivity index (χ4v) is 8.11. The quantitative estimate of drug-likeness (QED) is 0.655. The van der Waals surface area contributed by atoms with Gasteiger partial charge in [-0.05, 0) is 29.8 Å². The van der Waals surface area contributed by atoms with E-state index in [1.807, 2.05) is 12.1 Å². The second kappa shape index (κ2) is 8.42. The van der Waals surface area contributed by atoms with Crippen LogP contribution in [0.2, 0.25) is 10.0 Å². The second-order valence-electron chi connectivity index (χ2n) is 7.05. The summed E-state index contributed by atoms with van der Waals surface area (Å²) >= 11 is 14.1. The normalized spacial score (nSPS) is 23.6. The minimum absolute atomic E-state index is 0.0299. The molecular formula is C20H18Cl2N2O4S2. The Labute approximate surface area is 189 Å². The SMILES string of the molecule is COc1ccc(CC(=O)N=C2S[C@@H]3CS(=O)(=O)C[C@H]3N2c2c(Cl)cccc2Cl)cc1. The summed E-state index contributed by atoms with van der Waals surface area (Å²) in [6.45, 7) is 0. The smallest absolute Gasteiger partial charge is 0.252 e. The van der Waals surface area contributed by atoms with E-state index in [9.17, 15) is 13.2 Å². The van der Waals surface area contributed by atoms with Gasteiger partial charge >= 0.3 is 0 Å². The number of amidine groups is 1. The first-order valence-corrected chi connectivity index (χ1v) is 12.6. The first kappa shape index (κ1) is 21.5. The summed E-state index contributed by atoms with van der Waals surface area (Å²) in [7, 11) is -1.60. The van der Waals surface area contributed by atoms with E-state index in [1.165, 1.54) is 11.8 Å². The number of aliphatic imine (C=N–C) groups is 1. The van der Waals surface area contributed by atoms with Crippen LogP contribution in [0.15, 0.2) is 47.5 Å². The molecule has 0 aliphatic carbocycles. The minimum Gasteiger partial charge on any atom is -0.497 e. The molecule has 0 unspecified atom stereocenters. The van der Waals surface area contributed by atoms with E-state index in [-0.39, 0.29) is 35.1 Å². The van der Waals surface area contributed by atoms with Crippen molar-refractivity contribution in [2.75, 3.05) is 23.5 Å². The van der Waals surface area contributed by atoms with E-state index in [1.54, 1.807) is 42.3 Å². The molecule has 2 aliphatic heterocycles. The highest BCUT2D eigenvalue weighted by Gasteiger charge is 2.50. The van der Waals surface area contributed by atoms with E-state index in [0.29, 0.717) is 26.6 Å². The molecule has 0 spiro atoms. The summed E-state index contributed by atoms with van der Waals surface area (Å²) < 4.78 is 29.5. The lowest BCUT2D eigenvalue weighted by Gasteiger charge is -2.26. The number of hydrogen-bond donors (Lipinski definition) is 0. The average molecular weight is 485 g/mol. The van der Waals surface area contributed by atoms with E-state index < -0.39 is 9.84 Å². The van der Waals surface area contributed by atoms with Crippen LogP contribution >= 0.6 is 35.0 Å². The van der Waals surface area contributed by atoms with Crippen LogP contribution in [-0.4, -0.2) is 49.4 Å². The summed E-state index contributed by atoms with van der Waals surface area (Å²) in [6.07, 6.45) is 0.117. The lowest BCUT2D eigenvalue weighted by molar-refractivity contribution is -0.117. The first-order chi connectivity index (χ1) is 14.3. The largest absolute Gasteiger partial charge is 0.497 e. The fourth-order valence-electron chi connectivity index (χ4n) is 3.61. The Morgan fingerprint density at radius 3 is 2.47 bits per heavy atom. The number of sulfone groups is 1. The van der Waals surface area contributed by atoms with Gasteiger partial charge in [-0.1, -0.05) is 53.2 Å². The van der Waals surface area contributed by atoms with Crippen LogP contribution in [0.25, 0.3) is 0 Å². The topological polar surface area (TPSA) is 76.0 Å². The predicted octanol–water partition coefficient (Wildman–Crippen LogP) is 3.85. The molecule has 2 saturated heterocycles. The molecule has 2 fully saturated rings. The van der Waals surface area contributed by atoms with Crippen molar-refractivity contribution in [3.63, 3.8) is 0 Å². The van der Waals surface area contributed by atoms with E-state index >= 15 is 0 Å². The van der Waals surface area contributed by atoms with Crippen LogP contribution in [0.5, 0.6) is 5.75 Å². The van der Waals surface area contributed by atoms with Crippen LogP contribution in [0.4, 0.5) is 5.69 Å². The van der Waals surface area contributed by atoms with Crippen molar-refractivity contribution < 1.29 is 17.9 Å². The van der Waals surface area contributed by atoms with Crippen molar-refractivity contribution in [3.05, 3.63) is 58.1 Å². The molecule has 2 heterocycles. The van der Waals surface area contributed by atoms with Gasteiger partial charge in [0.2, 0.25) is 0 Å². The average Bonchev–Trinajstić information content (AvgIpc) is 3.14. The molecule has 0 bridgehead atoms. The van der Waals surface area contributed by atoms with Crippen LogP contribution < -0.4 is 9.64 Å². The number of carbonyl (C=O) groups excluding carboxylic acids is 1. The molecule has 0 radical (unpaired) electrons. The molecule has 0 saturated carbocycles. The molecule has 30 heavy (non-hydrogen) atoms. The standard InChI is InChI=1S/C20H18Cl2N2O4S2/c1-28-13-7-5-12(6-8-13)9-18(25)23-20-24(19-14(21)3-2-4-15(19)22)16-10-30(26,27)11-17(16)29-20/h2-8,16-17H,9-11H2,1H3/t16-,17-/m1/s1. The number of benzene rings is 2. The third kappa shape index (κ3) is 4.32. The molecule has 0 aromatic heterocycles. The fraction of sp³-hybridized carbons (Fsp3) is 0.300. The number of ether oxygens (including phenoxy) is 1. The van der Waals surface area contributed by atoms with Crippen molar-refractivity contribution in [2.24, 2.45) is 4.99 Å². The lowest BCUT2D eigenvalue weighted by Crippen LogP contribution is -2.38. The molecule has 2 aromatic rings. The number of thioether (sulfide) groups is 1. The van der Waals surface area contributed by atoms with Gasteiger partial charge in [0, 0.05) is 5.25 Å². The van der Waals surface area contributed by atoms with Gasteiger partial charge in [-0.25, -0.2) is 8.42 Å². The Kier molecular flexibility index (Phi) is 6.03. The molecule has 2 aromatic carbocycles. The molecular weight excluding hydrogens is 467 g/mol. The number of carbonyl (C=O) groups is 1. The summed E-state index contributed by atoms with van der Waals surface area (Å²) in [5.41, 5.74) is 1.28. The third-order valence-electron chi connectivity index (χ3n) is 4.98. The number of para-hydroxylation sites is 1. The second-order valence-corrected chi connectivity index (χ2v) is 11.2. The Balaban J connectivity index is 1.66. The Morgan fingerprint density at radius 2 is 1.83 bits per heavy atom. The van der Waals surface area contributed by atoms with Crippen molar-refractivity contribution in [3.8, 4) is 5.75 Å². The van der Waals surface area contributed by atoms with Gasteiger partial charge in [0.05, 0.1) is 46.8 Å². The van der Waals surface area contributed by atoms with Crippen LogP contribution in [-0.2, 0) is 21.1 Å². The predicted molar refractivity (Wildman–Crippen MR) is 122 cm³/mol. The first-order valence-electron chi connectivity index (χ1n) is 9.12. The number of amides is 1. The number of hydrogen-bond acceptors (Lipinski definition) is 5. The Morgan fingerprint density at radius 1 is 1.17 bits per heavy atom.